The highest BCUT2D eigenvalue weighted by molar-refractivity contribution is 6.12. The number of imidazole rings is 1. The third kappa shape index (κ3) is 3.69. The molecule has 0 bridgehead atoms. The van der Waals surface area contributed by atoms with Gasteiger partial charge in [0.2, 0.25) is 0 Å². The number of rotatable bonds is 5. The zero-order valence-corrected chi connectivity index (χ0v) is 17.6. The van der Waals surface area contributed by atoms with E-state index in [1.54, 1.807) is 37.6 Å². The number of methoxy groups -OCH3 is 1. The van der Waals surface area contributed by atoms with Crippen molar-refractivity contribution >= 4 is 28.1 Å². The minimum atomic E-state index is -0.529. The Balaban J connectivity index is 1.51. The molecule has 2 N–H and O–H groups in total. The van der Waals surface area contributed by atoms with Gasteiger partial charge in [-0.05, 0) is 32.0 Å². The molecule has 1 aliphatic rings. The molecule has 0 radical (unpaired) electrons. The van der Waals surface area contributed by atoms with Crippen LogP contribution in [0.4, 0.5) is 10.1 Å². The second-order valence-corrected chi connectivity index (χ2v) is 7.61. The summed E-state index contributed by atoms with van der Waals surface area (Å²) in [5.41, 5.74) is 1.85. The molecule has 1 fully saturated rings. The lowest BCUT2D eigenvalue weighted by Crippen LogP contribution is -2.20. The van der Waals surface area contributed by atoms with E-state index in [0.717, 1.165) is 19.5 Å². The Morgan fingerprint density at radius 2 is 2.19 bits per heavy atom. The molecule has 1 saturated heterocycles. The van der Waals surface area contributed by atoms with Crippen LogP contribution < -0.4 is 20.1 Å². The monoisotopic (exact) mass is 436 g/mol. The van der Waals surface area contributed by atoms with Crippen LogP contribution in [0.25, 0.3) is 16.6 Å². The van der Waals surface area contributed by atoms with Crippen LogP contribution in [0.5, 0.6) is 11.8 Å². The zero-order chi connectivity index (χ0) is 22.2. The quantitative estimate of drug-likeness (QED) is 0.496. The van der Waals surface area contributed by atoms with E-state index in [1.807, 2.05) is 0 Å². The highest BCUT2D eigenvalue weighted by Gasteiger charge is 2.21. The van der Waals surface area contributed by atoms with Crippen LogP contribution in [-0.4, -0.2) is 51.6 Å². The Bertz CT molecular complexity index is 1330. The van der Waals surface area contributed by atoms with Gasteiger partial charge in [-0.2, -0.15) is 4.98 Å². The van der Waals surface area contributed by atoms with Crippen molar-refractivity contribution in [3.8, 4) is 11.8 Å². The van der Waals surface area contributed by atoms with E-state index < -0.39 is 11.7 Å². The number of carbonyl (C=O) groups excluding carboxylic acids is 1. The summed E-state index contributed by atoms with van der Waals surface area (Å²) in [6.45, 7) is 3.42. The topological polar surface area (TPSA) is 103 Å². The van der Waals surface area contributed by atoms with Gasteiger partial charge in [-0.1, -0.05) is 0 Å². The number of halogens is 1. The average Bonchev–Trinajstić information content (AvgIpc) is 3.42. The average molecular weight is 436 g/mol. The molecule has 0 aliphatic carbocycles. The van der Waals surface area contributed by atoms with Crippen molar-refractivity contribution in [1.82, 2.24) is 24.7 Å². The van der Waals surface area contributed by atoms with Crippen molar-refractivity contribution in [1.29, 1.82) is 0 Å². The first-order valence-corrected chi connectivity index (χ1v) is 10.2. The second-order valence-electron chi connectivity index (χ2n) is 7.61. The number of amides is 1. The standard InChI is InChI=1S/C22H21FN6O3/c1-12-10-29-11-13(7-17(23)20(29)26-12)27-21(30)15-3-4-18(32-14-5-6-24-8-14)16-9-25-22(31-2)28-19(15)16/h3-4,7,9-11,14,24H,5-6,8H2,1-2H3,(H,27,30). The Labute approximate surface area is 182 Å². The lowest BCUT2D eigenvalue weighted by atomic mass is 10.1. The normalized spacial score (nSPS) is 15.9. The summed E-state index contributed by atoms with van der Waals surface area (Å²) < 4.78 is 27.2. The molecule has 3 aromatic heterocycles. The number of benzene rings is 1. The van der Waals surface area contributed by atoms with E-state index in [9.17, 15) is 9.18 Å². The van der Waals surface area contributed by atoms with Gasteiger partial charge in [0.05, 0.1) is 35.0 Å². The Morgan fingerprint density at radius 3 is 2.97 bits per heavy atom. The van der Waals surface area contributed by atoms with Crippen molar-refractivity contribution in [2.45, 2.75) is 19.4 Å². The first kappa shape index (κ1) is 20.1. The fraction of sp³-hybridized carbons (Fsp3) is 0.273. The van der Waals surface area contributed by atoms with Crippen molar-refractivity contribution in [2.24, 2.45) is 0 Å². The van der Waals surface area contributed by atoms with Crippen LogP contribution in [0, 0.1) is 12.7 Å². The number of hydrogen-bond acceptors (Lipinski definition) is 7. The third-order valence-corrected chi connectivity index (χ3v) is 5.31. The molecular formula is C22H21FN6O3. The highest BCUT2D eigenvalue weighted by atomic mass is 19.1. The number of aryl methyl sites for hydroxylation is 1. The maximum absolute atomic E-state index is 14.4. The van der Waals surface area contributed by atoms with E-state index in [0.29, 0.717) is 33.6 Å². The molecule has 32 heavy (non-hydrogen) atoms. The van der Waals surface area contributed by atoms with Gasteiger partial charge in [0.25, 0.3) is 5.91 Å². The van der Waals surface area contributed by atoms with Crippen LogP contribution in [0.2, 0.25) is 0 Å². The van der Waals surface area contributed by atoms with E-state index in [1.165, 1.54) is 17.6 Å². The third-order valence-electron chi connectivity index (χ3n) is 5.31. The van der Waals surface area contributed by atoms with Gasteiger partial charge in [0.1, 0.15) is 11.9 Å². The molecule has 1 atom stereocenters. The van der Waals surface area contributed by atoms with Gasteiger partial charge in [0, 0.05) is 31.2 Å². The summed E-state index contributed by atoms with van der Waals surface area (Å²) in [6, 6.07) is 4.74. The van der Waals surface area contributed by atoms with Gasteiger partial charge < -0.3 is 24.5 Å². The van der Waals surface area contributed by atoms with Gasteiger partial charge in [-0.25, -0.2) is 14.4 Å². The number of hydrogen-bond donors (Lipinski definition) is 2. The van der Waals surface area contributed by atoms with Crippen molar-refractivity contribution < 1.29 is 18.7 Å². The molecule has 164 valence electrons. The lowest BCUT2D eigenvalue weighted by Gasteiger charge is -2.16. The SMILES string of the molecule is COc1ncc2c(OC3CCNC3)ccc(C(=O)Nc3cc(F)c4nc(C)cn4c3)c2n1. The van der Waals surface area contributed by atoms with Crippen LogP contribution in [0.1, 0.15) is 22.5 Å². The van der Waals surface area contributed by atoms with Gasteiger partial charge in [-0.3, -0.25) is 4.79 Å². The summed E-state index contributed by atoms with van der Waals surface area (Å²) in [4.78, 5) is 25.8. The van der Waals surface area contributed by atoms with Crippen molar-refractivity contribution in [3.63, 3.8) is 0 Å². The number of anilines is 1. The van der Waals surface area contributed by atoms with Crippen LogP contribution >= 0.6 is 0 Å². The van der Waals surface area contributed by atoms with Gasteiger partial charge in [0.15, 0.2) is 11.5 Å². The first-order valence-electron chi connectivity index (χ1n) is 10.2. The van der Waals surface area contributed by atoms with E-state index in [-0.39, 0.29) is 17.8 Å². The summed E-state index contributed by atoms with van der Waals surface area (Å²) >= 11 is 0. The summed E-state index contributed by atoms with van der Waals surface area (Å²) in [5.74, 6) is -0.381. The van der Waals surface area contributed by atoms with Crippen LogP contribution in [0.15, 0.2) is 36.8 Å². The predicted molar refractivity (Wildman–Crippen MR) is 116 cm³/mol. The maximum Gasteiger partial charge on any atom is 0.316 e. The minimum absolute atomic E-state index is 0.0355. The first-order chi connectivity index (χ1) is 15.5. The molecule has 5 rings (SSSR count). The smallest absolute Gasteiger partial charge is 0.316 e. The van der Waals surface area contributed by atoms with Crippen molar-refractivity contribution in [2.75, 3.05) is 25.5 Å². The number of pyridine rings is 1. The summed E-state index contributed by atoms with van der Waals surface area (Å²) in [7, 11) is 1.45. The molecule has 0 saturated carbocycles. The molecule has 1 unspecified atom stereocenters. The molecule has 1 aromatic carbocycles. The fourth-order valence-electron chi connectivity index (χ4n) is 3.82. The molecule has 10 heteroatoms. The van der Waals surface area contributed by atoms with Gasteiger partial charge >= 0.3 is 6.01 Å². The van der Waals surface area contributed by atoms with Crippen molar-refractivity contribution in [3.05, 3.63) is 53.9 Å². The second kappa shape index (κ2) is 8.04. The minimum Gasteiger partial charge on any atom is -0.488 e. The molecule has 9 nitrogen and oxygen atoms in total. The molecule has 4 heterocycles. The summed E-state index contributed by atoms with van der Waals surface area (Å²) in [5, 5.41) is 6.59. The Morgan fingerprint density at radius 1 is 1.31 bits per heavy atom. The molecule has 4 aromatic rings. The molecular weight excluding hydrogens is 415 g/mol. The van der Waals surface area contributed by atoms with E-state index in [4.69, 9.17) is 9.47 Å². The molecule has 1 aliphatic heterocycles. The Kier molecular flexibility index (Phi) is 5.06. The summed E-state index contributed by atoms with van der Waals surface area (Å²) in [6.07, 6.45) is 5.80. The maximum atomic E-state index is 14.4. The number of fused-ring (bicyclic) bond motifs is 2. The van der Waals surface area contributed by atoms with Crippen LogP contribution in [0.3, 0.4) is 0 Å². The van der Waals surface area contributed by atoms with E-state index in [2.05, 4.69) is 25.6 Å². The molecule has 1 amide bonds. The number of nitrogens with zero attached hydrogens (tertiary/aromatic N) is 4. The fourth-order valence-corrected chi connectivity index (χ4v) is 3.82. The zero-order valence-electron chi connectivity index (χ0n) is 17.6. The van der Waals surface area contributed by atoms with Crippen LogP contribution in [-0.2, 0) is 0 Å². The lowest BCUT2D eigenvalue weighted by molar-refractivity contribution is 0.102. The molecule has 0 spiro atoms. The predicted octanol–water partition coefficient (Wildman–Crippen LogP) is 2.73. The van der Waals surface area contributed by atoms with Gasteiger partial charge in [-0.15, -0.1) is 0 Å². The number of nitrogens with one attached hydrogen (secondary N) is 2. The highest BCUT2D eigenvalue weighted by Crippen LogP contribution is 2.30. The number of ether oxygens (including phenoxy) is 2. The number of aromatic nitrogens is 4. The number of carbonyl (C=O) groups is 1. The van der Waals surface area contributed by atoms with E-state index >= 15 is 0 Å². The Hall–Kier alpha value is -3.79. The largest absolute Gasteiger partial charge is 0.488 e.